The van der Waals surface area contributed by atoms with Crippen molar-refractivity contribution in [2.45, 2.75) is 77.7 Å². The molecule has 17 heavy (non-hydrogen) atoms. The first-order valence-corrected chi connectivity index (χ1v) is 7.50. The van der Waals surface area contributed by atoms with Gasteiger partial charge in [-0.3, -0.25) is 0 Å². The van der Waals surface area contributed by atoms with E-state index in [-0.39, 0.29) is 5.41 Å². The number of aliphatic hydroxyl groups is 1. The maximum Gasteiger partial charge on any atom is 0.0713 e. The van der Waals surface area contributed by atoms with Crippen molar-refractivity contribution in [2.75, 3.05) is 6.54 Å². The Morgan fingerprint density at radius 3 is 2.53 bits per heavy atom. The monoisotopic (exact) mass is 241 g/mol. The molecule has 0 aromatic heterocycles. The van der Waals surface area contributed by atoms with E-state index in [0.29, 0.717) is 6.54 Å². The van der Waals surface area contributed by atoms with Crippen molar-refractivity contribution in [3.63, 3.8) is 0 Å². The van der Waals surface area contributed by atoms with Gasteiger partial charge >= 0.3 is 0 Å². The van der Waals surface area contributed by atoms with Crippen molar-refractivity contribution < 1.29 is 5.11 Å². The van der Waals surface area contributed by atoms with Crippen LogP contribution in [0.1, 0.15) is 72.1 Å². The summed E-state index contributed by atoms with van der Waals surface area (Å²) in [6.07, 6.45) is 8.82. The molecule has 0 aliphatic heterocycles. The molecule has 1 fully saturated rings. The van der Waals surface area contributed by atoms with Crippen LogP contribution in [-0.4, -0.2) is 17.3 Å². The fourth-order valence-electron chi connectivity index (χ4n) is 3.86. The molecular formula is C15H31NO. The van der Waals surface area contributed by atoms with Crippen molar-refractivity contribution >= 4 is 0 Å². The lowest BCUT2D eigenvalue weighted by molar-refractivity contribution is -0.117. The molecule has 102 valence electrons. The molecule has 1 rings (SSSR count). The van der Waals surface area contributed by atoms with E-state index < -0.39 is 5.60 Å². The zero-order valence-corrected chi connectivity index (χ0v) is 12.0. The van der Waals surface area contributed by atoms with Crippen LogP contribution in [0.15, 0.2) is 0 Å². The van der Waals surface area contributed by atoms with Crippen LogP contribution in [0.2, 0.25) is 0 Å². The molecule has 3 unspecified atom stereocenters. The third-order valence-corrected chi connectivity index (χ3v) is 5.15. The minimum absolute atomic E-state index is 0.0172. The molecule has 3 atom stereocenters. The molecule has 0 spiro atoms. The molecule has 0 saturated heterocycles. The van der Waals surface area contributed by atoms with Gasteiger partial charge in [0.1, 0.15) is 0 Å². The summed E-state index contributed by atoms with van der Waals surface area (Å²) in [7, 11) is 0. The van der Waals surface area contributed by atoms with Crippen molar-refractivity contribution in [1.82, 2.24) is 0 Å². The van der Waals surface area contributed by atoms with Crippen LogP contribution in [0, 0.1) is 11.3 Å². The van der Waals surface area contributed by atoms with Crippen LogP contribution >= 0.6 is 0 Å². The highest BCUT2D eigenvalue weighted by atomic mass is 16.3. The fourth-order valence-corrected chi connectivity index (χ4v) is 3.86. The SMILES string of the molecule is CCCC(O)(CC)C1(CN)CCCC(CC)C1. The first-order valence-electron chi connectivity index (χ1n) is 7.50. The average molecular weight is 241 g/mol. The molecule has 1 aliphatic carbocycles. The van der Waals surface area contributed by atoms with Crippen LogP contribution in [0.25, 0.3) is 0 Å². The molecule has 0 aromatic carbocycles. The maximum atomic E-state index is 11.0. The molecule has 0 amide bonds. The highest BCUT2D eigenvalue weighted by Crippen LogP contribution is 2.50. The number of nitrogens with two attached hydrogens (primary N) is 1. The largest absolute Gasteiger partial charge is 0.389 e. The summed E-state index contributed by atoms with van der Waals surface area (Å²) in [5.41, 5.74) is 5.53. The predicted octanol–water partition coefficient (Wildman–Crippen LogP) is 3.47. The summed E-state index contributed by atoms with van der Waals surface area (Å²) in [5, 5.41) is 11.0. The first-order chi connectivity index (χ1) is 8.07. The lowest BCUT2D eigenvalue weighted by atomic mass is 9.58. The number of rotatable bonds is 6. The summed E-state index contributed by atoms with van der Waals surface area (Å²) < 4.78 is 0. The summed E-state index contributed by atoms with van der Waals surface area (Å²) >= 11 is 0. The highest BCUT2D eigenvalue weighted by Gasteiger charge is 2.49. The van der Waals surface area contributed by atoms with Crippen LogP contribution in [0.5, 0.6) is 0 Å². The van der Waals surface area contributed by atoms with E-state index in [1.54, 1.807) is 0 Å². The second-order valence-corrected chi connectivity index (χ2v) is 5.99. The quantitative estimate of drug-likeness (QED) is 0.748. The Morgan fingerprint density at radius 2 is 2.06 bits per heavy atom. The molecule has 0 radical (unpaired) electrons. The van der Waals surface area contributed by atoms with E-state index in [4.69, 9.17) is 5.73 Å². The maximum absolute atomic E-state index is 11.0. The normalized spacial score (nSPS) is 33.4. The predicted molar refractivity (Wildman–Crippen MR) is 73.9 cm³/mol. The van der Waals surface area contributed by atoms with E-state index in [0.717, 1.165) is 38.0 Å². The van der Waals surface area contributed by atoms with Crippen molar-refractivity contribution in [1.29, 1.82) is 0 Å². The van der Waals surface area contributed by atoms with Gasteiger partial charge in [-0.25, -0.2) is 0 Å². The molecule has 0 heterocycles. The van der Waals surface area contributed by atoms with Crippen LogP contribution in [0.3, 0.4) is 0 Å². The summed E-state index contributed by atoms with van der Waals surface area (Å²) in [4.78, 5) is 0. The Morgan fingerprint density at radius 1 is 1.35 bits per heavy atom. The minimum Gasteiger partial charge on any atom is -0.389 e. The lowest BCUT2D eigenvalue weighted by Crippen LogP contribution is -2.54. The standard InChI is InChI=1S/C15H31NO/c1-4-9-15(17,6-3)14(12-16)10-7-8-13(5-2)11-14/h13,17H,4-12,16H2,1-3H3. The second kappa shape index (κ2) is 6.19. The second-order valence-electron chi connectivity index (χ2n) is 5.99. The van der Waals surface area contributed by atoms with Crippen LogP contribution < -0.4 is 5.73 Å². The van der Waals surface area contributed by atoms with Gasteiger partial charge in [-0.05, 0) is 31.6 Å². The summed E-state index contributed by atoms with van der Waals surface area (Å²) in [6.45, 7) is 7.18. The molecule has 0 bridgehead atoms. The summed E-state index contributed by atoms with van der Waals surface area (Å²) in [5.74, 6) is 0.766. The Kier molecular flexibility index (Phi) is 5.46. The van der Waals surface area contributed by atoms with Crippen molar-refractivity contribution in [2.24, 2.45) is 17.1 Å². The Bertz CT molecular complexity index is 231. The third-order valence-electron chi connectivity index (χ3n) is 5.15. The van der Waals surface area contributed by atoms with E-state index in [1.165, 1.54) is 19.3 Å². The molecule has 3 N–H and O–H groups in total. The topological polar surface area (TPSA) is 46.2 Å². The fraction of sp³-hybridized carbons (Fsp3) is 1.00. The smallest absolute Gasteiger partial charge is 0.0713 e. The van der Waals surface area contributed by atoms with Crippen LogP contribution in [0.4, 0.5) is 0 Å². The summed E-state index contributed by atoms with van der Waals surface area (Å²) in [6, 6.07) is 0. The van der Waals surface area contributed by atoms with Gasteiger partial charge < -0.3 is 10.8 Å². The Hall–Kier alpha value is -0.0800. The molecule has 2 nitrogen and oxygen atoms in total. The van der Waals surface area contributed by atoms with Gasteiger partial charge in [-0.1, -0.05) is 46.5 Å². The van der Waals surface area contributed by atoms with Gasteiger partial charge in [0.15, 0.2) is 0 Å². The Labute approximate surface area is 107 Å². The number of hydrogen-bond donors (Lipinski definition) is 2. The molecular weight excluding hydrogens is 210 g/mol. The van der Waals surface area contributed by atoms with Gasteiger partial charge in [-0.2, -0.15) is 0 Å². The average Bonchev–Trinajstić information content (AvgIpc) is 2.38. The van der Waals surface area contributed by atoms with Crippen molar-refractivity contribution in [3.8, 4) is 0 Å². The van der Waals surface area contributed by atoms with E-state index in [2.05, 4.69) is 20.8 Å². The van der Waals surface area contributed by atoms with E-state index >= 15 is 0 Å². The van der Waals surface area contributed by atoms with Gasteiger partial charge in [0.2, 0.25) is 0 Å². The highest BCUT2D eigenvalue weighted by molar-refractivity contribution is 5.01. The third kappa shape index (κ3) is 2.85. The van der Waals surface area contributed by atoms with E-state index in [1.807, 2.05) is 0 Å². The Balaban J connectivity index is 2.91. The van der Waals surface area contributed by atoms with E-state index in [9.17, 15) is 5.11 Å². The zero-order valence-electron chi connectivity index (χ0n) is 12.0. The first kappa shape index (κ1) is 15.0. The molecule has 2 heteroatoms. The lowest BCUT2D eigenvalue weighted by Gasteiger charge is -2.51. The zero-order chi connectivity index (χ0) is 12.9. The number of hydrogen-bond acceptors (Lipinski definition) is 2. The molecule has 0 aromatic rings. The van der Waals surface area contributed by atoms with Gasteiger partial charge in [0, 0.05) is 12.0 Å². The van der Waals surface area contributed by atoms with Gasteiger partial charge in [0.05, 0.1) is 5.60 Å². The van der Waals surface area contributed by atoms with Gasteiger partial charge in [0.25, 0.3) is 0 Å². The molecule has 1 aliphatic rings. The minimum atomic E-state index is -0.537. The van der Waals surface area contributed by atoms with Crippen molar-refractivity contribution in [3.05, 3.63) is 0 Å². The van der Waals surface area contributed by atoms with Gasteiger partial charge in [-0.15, -0.1) is 0 Å². The molecule has 1 saturated carbocycles. The van der Waals surface area contributed by atoms with Crippen LogP contribution in [-0.2, 0) is 0 Å².